The van der Waals surface area contributed by atoms with Gasteiger partial charge >= 0.3 is 5.97 Å². The van der Waals surface area contributed by atoms with Crippen molar-refractivity contribution < 1.29 is 14.7 Å². The molecule has 1 aromatic heterocycles. The molecule has 1 aliphatic rings. The number of carbonyl (C=O) groups is 2. The molecule has 0 bridgehead atoms. The molecular formula is C12H16N4O3. The van der Waals surface area contributed by atoms with Crippen LogP contribution in [-0.2, 0) is 0 Å². The van der Waals surface area contributed by atoms with Gasteiger partial charge in [-0.1, -0.05) is 0 Å². The Bertz CT molecular complexity index is 466. The van der Waals surface area contributed by atoms with Crippen LogP contribution < -0.4 is 5.43 Å². The highest BCUT2D eigenvalue weighted by Crippen LogP contribution is 2.02. The lowest BCUT2D eigenvalue weighted by Crippen LogP contribution is -2.52. The minimum Gasteiger partial charge on any atom is -0.478 e. The molecule has 19 heavy (non-hydrogen) atoms. The molecule has 102 valence electrons. The molecular weight excluding hydrogens is 248 g/mol. The van der Waals surface area contributed by atoms with Crippen molar-refractivity contribution in [3.63, 3.8) is 0 Å². The predicted molar refractivity (Wildman–Crippen MR) is 67.7 cm³/mol. The smallest absolute Gasteiger partial charge is 0.337 e. The molecule has 2 rings (SSSR count). The molecule has 1 amide bonds. The molecule has 0 aromatic carbocycles. The van der Waals surface area contributed by atoms with Crippen LogP contribution in [0.2, 0.25) is 0 Å². The van der Waals surface area contributed by atoms with Gasteiger partial charge in [0.05, 0.1) is 5.56 Å². The minimum absolute atomic E-state index is 0.0659. The van der Waals surface area contributed by atoms with Crippen molar-refractivity contribution in [2.24, 2.45) is 0 Å². The first kappa shape index (κ1) is 13.4. The van der Waals surface area contributed by atoms with Gasteiger partial charge in [-0.2, -0.15) is 0 Å². The number of rotatable bonds is 3. The van der Waals surface area contributed by atoms with Crippen LogP contribution in [0, 0.1) is 0 Å². The number of hydrazine groups is 1. The van der Waals surface area contributed by atoms with E-state index in [0.29, 0.717) is 0 Å². The Morgan fingerprint density at radius 1 is 1.26 bits per heavy atom. The SMILES string of the molecule is CN1CCN(NC(=O)c2ccc(C(=O)O)cn2)CC1. The van der Waals surface area contributed by atoms with E-state index >= 15 is 0 Å². The Balaban J connectivity index is 1.94. The van der Waals surface area contributed by atoms with Gasteiger partial charge in [0.25, 0.3) is 5.91 Å². The summed E-state index contributed by atoms with van der Waals surface area (Å²) in [6.45, 7) is 3.31. The number of carboxylic acid groups (broad SMARTS) is 1. The molecule has 2 N–H and O–H groups in total. The van der Waals surface area contributed by atoms with E-state index in [4.69, 9.17) is 5.11 Å². The third-order valence-electron chi connectivity index (χ3n) is 3.01. The summed E-state index contributed by atoms with van der Waals surface area (Å²) in [4.78, 5) is 28.6. The van der Waals surface area contributed by atoms with Crippen LogP contribution in [0.15, 0.2) is 18.3 Å². The van der Waals surface area contributed by atoms with Crippen molar-refractivity contribution >= 4 is 11.9 Å². The summed E-state index contributed by atoms with van der Waals surface area (Å²) in [7, 11) is 2.03. The molecule has 0 saturated carbocycles. The average molecular weight is 264 g/mol. The van der Waals surface area contributed by atoms with E-state index in [2.05, 4.69) is 15.3 Å². The van der Waals surface area contributed by atoms with Gasteiger partial charge < -0.3 is 10.0 Å². The highest BCUT2D eigenvalue weighted by molar-refractivity contribution is 5.93. The number of carbonyl (C=O) groups excluding carboxylic acids is 1. The Kier molecular flexibility index (Phi) is 4.08. The van der Waals surface area contributed by atoms with Crippen molar-refractivity contribution in [2.45, 2.75) is 0 Å². The third-order valence-corrected chi connectivity index (χ3v) is 3.01. The standard InChI is InChI=1S/C12H16N4O3/c1-15-4-6-16(7-5-15)14-11(17)10-3-2-9(8-13-10)12(18)19/h2-3,8H,4-7H2,1H3,(H,14,17)(H,18,19). The first-order chi connectivity index (χ1) is 9.06. The summed E-state index contributed by atoms with van der Waals surface area (Å²) in [5, 5.41) is 10.6. The number of carboxylic acids is 1. The van der Waals surface area contributed by atoms with Crippen LogP contribution in [0.4, 0.5) is 0 Å². The summed E-state index contributed by atoms with van der Waals surface area (Å²) in [5.74, 6) is -1.37. The topological polar surface area (TPSA) is 85.8 Å². The number of hydrogen-bond donors (Lipinski definition) is 2. The van der Waals surface area contributed by atoms with Gasteiger partial charge in [0.2, 0.25) is 0 Å². The maximum atomic E-state index is 11.9. The molecule has 0 spiro atoms. The molecule has 1 saturated heterocycles. The molecule has 0 unspecified atom stereocenters. The molecule has 1 aliphatic heterocycles. The van der Waals surface area contributed by atoms with Crippen molar-refractivity contribution in [3.05, 3.63) is 29.6 Å². The molecule has 7 nitrogen and oxygen atoms in total. The number of nitrogens with one attached hydrogen (secondary N) is 1. The summed E-state index contributed by atoms with van der Waals surface area (Å²) in [6.07, 6.45) is 1.18. The van der Waals surface area contributed by atoms with Crippen LogP contribution in [0.5, 0.6) is 0 Å². The van der Waals surface area contributed by atoms with Gasteiger partial charge in [-0.3, -0.25) is 15.2 Å². The van der Waals surface area contributed by atoms with E-state index in [9.17, 15) is 9.59 Å². The van der Waals surface area contributed by atoms with Crippen LogP contribution in [-0.4, -0.2) is 65.1 Å². The summed E-state index contributed by atoms with van der Waals surface area (Å²) in [5.41, 5.74) is 3.04. The number of piperazine rings is 1. The first-order valence-corrected chi connectivity index (χ1v) is 6.00. The second-order valence-electron chi connectivity index (χ2n) is 4.47. The highest BCUT2D eigenvalue weighted by Gasteiger charge is 2.17. The van der Waals surface area contributed by atoms with Crippen molar-refractivity contribution in [3.8, 4) is 0 Å². The van der Waals surface area contributed by atoms with Gasteiger partial charge in [0.15, 0.2) is 0 Å². The van der Waals surface area contributed by atoms with Gasteiger partial charge in [0.1, 0.15) is 5.69 Å². The quantitative estimate of drug-likeness (QED) is 0.777. The third kappa shape index (κ3) is 3.49. The maximum Gasteiger partial charge on any atom is 0.337 e. The number of pyridine rings is 1. The van der Waals surface area contributed by atoms with Crippen LogP contribution in [0.3, 0.4) is 0 Å². The number of likely N-dealkylation sites (N-methyl/N-ethyl adjacent to an activating group) is 1. The van der Waals surface area contributed by atoms with E-state index in [1.54, 1.807) is 0 Å². The first-order valence-electron chi connectivity index (χ1n) is 6.00. The van der Waals surface area contributed by atoms with E-state index in [1.807, 2.05) is 12.1 Å². The fourth-order valence-corrected chi connectivity index (χ4v) is 1.77. The van der Waals surface area contributed by atoms with Crippen molar-refractivity contribution in [1.29, 1.82) is 0 Å². The predicted octanol–water partition coefficient (Wildman–Crippen LogP) is -0.328. The average Bonchev–Trinajstić information content (AvgIpc) is 2.41. The minimum atomic E-state index is -1.06. The normalized spacial score (nSPS) is 17.1. The summed E-state index contributed by atoms with van der Waals surface area (Å²) < 4.78 is 0. The van der Waals surface area contributed by atoms with Gasteiger partial charge in [-0.15, -0.1) is 0 Å². The zero-order chi connectivity index (χ0) is 13.8. The fraction of sp³-hybridized carbons (Fsp3) is 0.417. The molecule has 2 heterocycles. The number of nitrogens with zero attached hydrogens (tertiary/aromatic N) is 3. The van der Waals surface area contributed by atoms with Crippen LogP contribution in [0.1, 0.15) is 20.8 Å². The van der Waals surface area contributed by atoms with Gasteiger partial charge in [-0.05, 0) is 19.2 Å². The second kappa shape index (κ2) is 5.77. The number of amides is 1. The van der Waals surface area contributed by atoms with Crippen LogP contribution >= 0.6 is 0 Å². The lowest BCUT2D eigenvalue weighted by molar-refractivity contribution is 0.0653. The Labute approximate surface area is 110 Å². The number of aromatic nitrogens is 1. The number of aromatic carboxylic acids is 1. The lowest BCUT2D eigenvalue weighted by atomic mass is 10.2. The van der Waals surface area contributed by atoms with Crippen molar-refractivity contribution in [2.75, 3.05) is 33.2 Å². The Hall–Kier alpha value is -1.99. The molecule has 7 heteroatoms. The fourth-order valence-electron chi connectivity index (χ4n) is 1.77. The zero-order valence-electron chi connectivity index (χ0n) is 10.7. The van der Waals surface area contributed by atoms with E-state index in [1.165, 1.54) is 18.3 Å². The van der Waals surface area contributed by atoms with E-state index in [0.717, 1.165) is 26.2 Å². The van der Waals surface area contributed by atoms with Crippen molar-refractivity contribution in [1.82, 2.24) is 20.3 Å². The largest absolute Gasteiger partial charge is 0.478 e. The highest BCUT2D eigenvalue weighted by atomic mass is 16.4. The van der Waals surface area contributed by atoms with E-state index in [-0.39, 0.29) is 17.2 Å². The molecule has 0 radical (unpaired) electrons. The van der Waals surface area contributed by atoms with Crippen LogP contribution in [0.25, 0.3) is 0 Å². The van der Waals surface area contributed by atoms with Gasteiger partial charge in [0, 0.05) is 32.4 Å². The molecule has 1 aromatic rings. The summed E-state index contributed by atoms with van der Waals surface area (Å²) in [6, 6.07) is 2.78. The zero-order valence-corrected chi connectivity index (χ0v) is 10.7. The molecule has 0 aliphatic carbocycles. The maximum absolute atomic E-state index is 11.9. The number of hydrogen-bond acceptors (Lipinski definition) is 5. The summed E-state index contributed by atoms with van der Waals surface area (Å²) >= 11 is 0. The molecule has 1 fully saturated rings. The van der Waals surface area contributed by atoms with E-state index < -0.39 is 5.97 Å². The lowest BCUT2D eigenvalue weighted by Gasteiger charge is -2.32. The molecule has 0 atom stereocenters. The van der Waals surface area contributed by atoms with Gasteiger partial charge in [-0.25, -0.2) is 9.80 Å². The Morgan fingerprint density at radius 3 is 2.47 bits per heavy atom. The second-order valence-corrected chi connectivity index (χ2v) is 4.47. The monoisotopic (exact) mass is 264 g/mol. The Morgan fingerprint density at radius 2 is 1.95 bits per heavy atom.